The first-order valence-electron chi connectivity index (χ1n) is 6.24. The van der Waals surface area contributed by atoms with Gasteiger partial charge in [0.2, 0.25) is 0 Å². The van der Waals surface area contributed by atoms with Gasteiger partial charge in [0.15, 0.2) is 0 Å². The lowest BCUT2D eigenvalue weighted by Crippen LogP contribution is -1.95. The summed E-state index contributed by atoms with van der Waals surface area (Å²) in [7, 11) is 0. The van der Waals surface area contributed by atoms with Crippen LogP contribution in [0.15, 0.2) is 18.2 Å². The summed E-state index contributed by atoms with van der Waals surface area (Å²) in [5.41, 5.74) is 0.557. The third-order valence-electron chi connectivity index (χ3n) is 2.86. The molecule has 1 atom stereocenters. The lowest BCUT2D eigenvalue weighted by Gasteiger charge is -2.11. The molecule has 1 rings (SSSR count). The molecule has 0 aliphatic carbocycles. The Hall–Kier alpha value is -0.440. The number of benzene rings is 1. The first-order chi connectivity index (χ1) is 8.15. The number of alkyl halides is 1. The summed E-state index contributed by atoms with van der Waals surface area (Å²) in [5.74, 6) is -0.977. The molecule has 0 nitrogen and oxygen atoms in total. The molecule has 3 heteroatoms. The van der Waals surface area contributed by atoms with Crippen molar-refractivity contribution in [3.05, 3.63) is 35.4 Å². The lowest BCUT2D eigenvalue weighted by molar-refractivity contribution is 0.559. The molecule has 0 saturated heterocycles. The van der Waals surface area contributed by atoms with Gasteiger partial charge in [0.1, 0.15) is 11.6 Å². The summed E-state index contributed by atoms with van der Waals surface area (Å²) in [4.78, 5) is -0.00951. The largest absolute Gasteiger partial charge is 0.207 e. The summed E-state index contributed by atoms with van der Waals surface area (Å²) in [6, 6.07) is 3.78. The minimum Gasteiger partial charge on any atom is -0.207 e. The van der Waals surface area contributed by atoms with Gasteiger partial charge < -0.3 is 0 Å². The Kier molecular flexibility index (Phi) is 6.71. The van der Waals surface area contributed by atoms with Gasteiger partial charge in [-0.1, -0.05) is 61.0 Å². The van der Waals surface area contributed by atoms with E-state index in [-0.39, 0.29) is 4.83 Å². The fraction of sp³-hybridized carbons (Fsp3) is 0.571. The Bertz CT molecular complexity index is 339. The molecule has 0 N–H and O–H groups in total. The summed E-state index contributed by atoms with van der Waals surface area (Å²) in [6.45, 7) is 2.18. The first kappa shape index (κ1) is 14.6. The first-order valence-corrected chi connectivity index (χ1v) is 7.15. The van der Waals surface area contributed by atoms with Crippen molar-refractivity contribution in [1.29, 1.82) is 0 Å². The zero-order valence-corrected chi connectivity index (χ0v) is 11.8. The zero-order valence-electron chi connectivity index (χ0n) is 10.2. The van der Waals surface area contributed by atoms with Crippen LogP contribution in [0.3, 0.4) is 0 Å². The average Bonchev–Trinajstić information content (AvgIpc) is 2.28. The van der Waals surface area contributed by atoms with Crippen LogP contribution in [0.5, 0.6) is 0 Å². The van der Waals surface area contributed by atoms with Crippen molar-refractivity contribution >= 4 is 15.9 Å². The number of hydrogen-bond acceptors (Lipinski definition) is 0. The minimum absolute atomic E-state index is 0.00951. The molecule has 1 aromatic carbocycles. The third kappa shape index (κ3) is 5.15. The normalized spacial score (nSPS) is 12.7. The van der Waals surface area contributed by atoms with Crippen molar-refractivity contribution < 1.29 is 8.78 Å². The summed E-state index contributed by atoms with van der Waals surface area (Å²) in [5, 5.41) is 0. The van der Waals surface area contributed by atoms with Gasteiger partial charge in [0.25, 0.3) is 0 Å². The molecule has 0 spiro atoms. The van der Waals surface area contributed by atoms with Crippen LogP contribution >= 0.6 is 15.9 Å². The number of hydrogen-bond donors (Lipinski definition) is 0. The summed E-state index contributed by atoms with van der Waals surface area (Å²) < 4.78 is 26.2. The molecule has 0 amide bonds. The van der Waals surface area contributed by atoms with E-state index in [0.29, 0.717) is 5.56 Å². The highest BCUT2D eigenvalue weighted by atomic mass is 79.9. The molecule has 0 aliphatic heterocycles. The van der Waals surface area contributed by atoms with E-state index in [1.165, 1.54) is 37.8 Å². The van der Waals surface area contributed by atoms with E-state index >= 15 is 0 Å². The molecule has 0 bridgehead atoms. The van der Waals surface area contributed by atoms with E-state index in [2.05, 4.69) is 22.9 Å². The molecule has 96 valence electrons. The fourth-order valence-corrected chi connectivity index (χ4v) is 2.53. The van der Waals surface area contributed by atoms with Gasteiger partial charge in [-0.05, 0) is 12.5 Å². The van der Waals surface area contributed by atoms with Crippen molar-refractivity contribution in [3.63, 3.8) is 0 Å². The highest BCUT2D eigenvalue weighted by Gasteiger charge is 2.12. The Morgan fingerprint density at radius 3 is 2.47 bits per heavy atom. The predicted molar refractivity (Wildman–Crippen MR) is 71.4 cm³/mol. The van der Waals surface area contributed by atoms with Crippen molar-refractivity contribution in [2.24, 2.45) is 0 Å². The zero-order chi connectivity index (χ0) is 12.7. The predicted octanol–water partition coefficient (Wildman–Crippen LogP) is 5.76. The molecule has 0 radical (unpaired) electrons. The van der Waals surface area contributed by atoms with Crippen molar-refractivity contribution in [2.75, 3.05) is 0 Å². The summed E-state index contributed by atoms with van der Waals surface area (Å²) in [6.07, 6.45) is 6.88. The second-order valence-corrected chi connectivity index (χ2v) is 5.44. The lowest BCUT2D eigenvalue weighted by atomic mass is 10.0. The standard InChI is InChI=1S/C14H19BrF2/c1-2-3-4-5-6-7-13(15)12-9-8-11(16)10-14(12)17/h8-10,13H,2-7H2,1H3. The van der Waals surface area contributed by atoms with E-state index in [9.17, 15) is 8.78 Å². The highest BCUT2D eigenvalue weighted by Crippen LogP contribution is 2.30. The Labute approximate surface area is 111 Å². The van der Waals surface area contributed by atoms with Gasteiger partial charge >= 0.3 is 0 Å². The molecule has 0 aromatic heterocycles. The third-order valence-corrected chi connectivity index (χ3v) is 3.81. The molecular weight excluding hydrogens is 286 g/mol. The van der Waals surface area contributed by atoms with Crippen LogP contribution in [0.1, 0.15) is 55.8 Å². The maximum Gasteiger partial charge on any atom is 0.130 e. The van der Waals surface area contributed by atoms with E-state index in [4.69, 9.17) is 0 Å². The molecule has 1 unspecified atom stereocenters. The number of unbranched alkanes of at least 4 members (excludes halogenated alkanes) is 4. The van der Waals surface area contributed by atoms with Crippen LogP contribution in [-0.4, -0.2) is 0 Å². The second kappa shape index (κ2) is 7.80. The molecule has 17 heavy (non-hydrogen) atoms. The van der Waals surface area contributed by atoms with Crippen LogP contribution in [0, 0.1) is 11.6 Å². The smallest absolute Gasteiger partial charge is 0.130 e. The van der Waals surface area contributed by atoms with Crippen LogP contribution in [0.4, 0.5) is 8.78 Å². The molecule has 0 fully saturated rings. The molecule has 0 aliphatic rings. The molecule has 0 saturated carbocycles. The van der Waals surface area contributed by atoms with E-state index in [1.54, 1.807) is 0 Å². The van der Waals surface area contributed by atoms with Crippen molar-refractivity contribution in [2.45, 2.75) is 50.3 Å². The maximum atomic E-state index is 13.5. The van der Waals surface area contributed by atoms with Crippen LogP contribution < -0.4 is 0 Å². The second-order valence-electron chi connectivity index (χ2n) is 4.34. The van der Waals surface area contributed by atoms with E-state index in [1.807, 2.05) is 0 Å². The molecule has 0 heterocycles. The Morgan fingerprint density at radius 1 is 1.12 bits per heavy atom. The van der Waals surface area contributed by atoms with Gasteiger partial charge in [0, 0.05) is 16.5 Å². The van der Waals surface area contributed by atoms with Gasteiger partial charge in [-0.25, -0.2) is 8.78 Å². The minimum atomic E-state index is -0.520. The van der Waals surface area contributed by atoms with Crippen LogP contribution in [-0.2, 0) is 0 Å². The van der Waals surface area contributed by atoms with Crippen molar-refractivity contribution in [1.82, 2.24) is 0 Å². The summed E-state index contributed by atoms with van der Waals surface area (Å²) >= 11 is 3.47. The van der Waals surface area contributed by atoms with Crippen LogP contribution in [0.25, 0.3) is 0 Å². The monoisotopic (exact) mass is 304 g/mol. The topological polar surface area (TPSA) is 0 Å². The Morgan fingerprint density at radius 2 is 1.82 bits per heavy atom. The SMILES string of the molecule is CCCCCCCC(Br)c1ccc(F)cc1F. The van der Waals surface area contributed by atoms with Gasteiger partial charge in [-0.2, -0.15) is 0 Å². The average molecular weight is 305 g/mol. The molecular formula is C14H19BrF2. The quantitative estimate of drug-likeness (QED) is 0.443. The fourth-order valence-electron chi connectivity index (χ4n) is 1.84. The number of rotatable bonds is 7. The van der Waals surface area contributed by atoms with E-state index < -0.39 is 11.6 Å². The van der Waals surface area contributed by atoms with Gasteiger partial charge in [-0.15, -0.1) is 0 Å². The van der Waals surface area contributed by atoms with Crippen LogP contribution in [0.2, 0.25) is 0 Å². The van der Waals surface area contributed by atoms with Gasteiger partial charge in [0.05, 0.1) is 0 Å². The van der Waals surface area contributed by atoms with E-state index in [0.717, 1.165) is 18.9 Å². The Balaban J connectivity index is 2.38. The maximum absolute atomic E-state index is 13.5. The highest BCUT2D eigenvalue weighted by molar-refractivity contribution is 9.09. The molecule has 1 aromatic rings. The van der Waals surface area contributed by atoms with Gasteiger partial charge in [-0.3, -0.25) is 0 Å². The van der Waals surface area contributed by atoms with Crippen molar-refractivity contribution in [3.8, 4) is 0 Å². The number of halogens is 3.